The molecule has 0 aliphatic heterocycles. The predicted molar refractivity (Wildman–Crippen MR) is 63.4 cm³/mol. The number of rotatable bonds is 1. The molecule has 0 aromatic rings. The monoisotopic (exact) mass is 233 g/mol. The molecule has 1 fully saturated rings. The summed E-state index contributed by atoms with van der Waals surface area (Å²) in [5.74, 6) is 0.469. The van der Waals surface area contributed by atoms with Gasteiger partial charge in [-0.3, -0.25) is 0 Å². The standard InChI is InChI=1S/C11H23NO2S/c1-11(2,3)8-5-6-9(12)10(7-8)15(4,13)14/h8-10H,5-7,12H2,1-4H3. The fourth-order valence-corrected chi connectivity index (χ4v) is 3.78. The zero-order valence-electron chi connectivity index (χ0n) is 10.2. The van der Waals surface area contributed by atoms with Crippen LogP contribution in [0.2, 0.25) is 0 Å². The van der Waals surface area contributed by atoms with Gasteiger partial charge in [0, 0.05) is 12.3 Å². The van der Waals surface area contributed by atoms with E-state index in [0.29, 0.717) is 5.92 Å². The van der Waals surface area contributed by atoms with E-state index in [1.165, 1.54) is 6.26 Å². The van der Waals surface area contributed by atoms with Gasteiger partial charge in [0.05, 0.1) is 5.25 Å². The molecule has 90 valence electrons. The van der Waals surface area contributed by atoms with Crippen molar-refractivity contribution in [3.63, 3.8) is 0 Å². The largest absolute Gasteiger partial charge is 0.327 e. The average Bonchev–Trinajstić information content (AvgIpc) is 2.00. The third-order valence-corrected chi connectivity index (χ3v) is 5.26. The van der Waals surface area contributed by atoms with Gasteiger partial charge in [-0.25, -0.2) is 8.42 Å². The van der Waals surface area contributed by atoms with Crippen LogP contribution in [-0.4, -0.2) is 26.0 Å². The summed E-state index contributed by atoms with van der Waals surface area (Å²) in [6.07, 6.45) is 3.92. The van der Waals surface area contributed by atoms with Gasteiger partial charge in [-0.05, 0) is 30.6 Å². The molecule has 0 heterocycles. The third kappa shape index (κ3) is 3.18. The molecule has 15 heavy (non-hydrogen) atoms. The smallest absolute Gasteiger partial charge is 0.151 e. The van der Waals surface area contributed by atoms with Gasteiger partial charge in [-0.1, -0.05) is 20.8 Å². The van der Waals surface area contributed by atoms with Crippen molar-refractivity contribution < 1.29 is 8.42 Å². The molecule has 4 heteroatoms. The lowest BCUT2D eigenvalue weighted by Gasteiger charge is -2.39. The highest BCUT2D eigenvalue weighted by Gasteiger charge is 2.38. The molecule has 1 rings (SSSR count). The molecular formula is C11H23NO2S. The number of hydrogen-bond donors (Lipinski definition) is 1. The zero-order valence-corrected chi connectivity index (χ0v) is 11.0. The van der Waals surface area contributed by atoms with Crippen molar-refractivity contribution in [1.29, 1.82) is 0 Å². The van der Waals surface area contributed by atoms with Crippen molar-refractivity contribution in [2.45, 2.75) is 51.3 Å². The van der Waals surface area contributed by atoms with Crippen LogP contribution in [-0.2, 0) is 9.84 Å². The molecule has 3 unspecified atom stereocenters. The van der Waals surface area contributed by atoms with Gasteiger partial charge in [-0.15, -0.1) is 0 Å². The molecule has 0 aromatic carbocycles. The van der Waals surface area contributed by atoms with Crippen LogP contribution in [0.15, 0.2) is 0 Å². The van der Waals surface area contributed by atoms with E-state index >= 15 is 0 Å². The Morgan fingerprint density at radius 2 is 1.73 bits per heavy atom. The Bertz CT molecular complexity index is 316. The van der Waals surface area contributed by atoms with E-state index in [4.69, 9.17) is 5.73 Å². The minimum Gasteiger partial charge on any atom is -0.327 e. The van der Waals surface area contributed by atoms with E-state index in [2.05, 4.69) is 20.8 Å². The highest BCUT2D eigenvalue weighted by Crippen LogP contribution is 2.39. The van der Waals surface area contributed by atoms with Gasteiger partial charge in [0.25, 0.3) is 0 Å². The number of sulfone groups is 1. The van der Waals surface area contributed by atoms with Gasteiger partial charge < -0.3 is 5.73 Å². The van der Waals surface area contributed by atoms with Crippen LogP contribution in [0.25, 0.3) is 0 Å². The van der Waals surface area contributed by atoms with Gasteiger partial charge in [-0.2, -0.15) is 0 Å². The molecular weight excluding hydrogens is 210 g/mol. The maximum Gasteiger partial charge on any atom is 0.151 e. The first-order valence-corrected chi connectivity index (χ1v) is 7.52. The molecule has 0 amide bonds. The maximum atomic E-state index is 11.6. The van der Waals surface area contributed by atoms with E-state index < -0.39 is 9.84 Å². The molecule has 2 N–H and O–H groups in total. The molecule has 0 radical (unpaired) electrons. The molecule has 1 aliphatic rings. The Balaban J connectivity index is 2.82. The second kappa shape index (κ2) is 4.06. The first kappa shape index (κ1) is 13.0. The summed E-state index contributed by atoms with van der Waals surface area (Å²) < 4.78 is 23.2. The normalized spacial score (nSPS) is 34.1. The fourth-order valence-electron chi connectivity index (χ4n) is 2.43. The summed E-state index contributed by atoms with van der Waals surface area (Å²) >= 11 is 0. The van der Waals surface area contributed by atoms with Crippen molar-refractivity contribution >= 4 is 9.84 Å². The molecule has 3 atom stereocenters. The summed E-state index contributed by atoms with van der Waals surface area (Å²) in [6.45, 7) is 6.52. The van der Waals surface area contributed by atoms with Gasteiger partial charge >= 0.3 is 0 Å². The summed E-state index contributed by atoms with van der Waals surface area (Å²) in [5.41, 5.74) is 6.08. The minimum absolute atomic E-state index is 0.168. The van der Waals surface area contributed by atoms with E-state index in [0.717, 1.165) is 19.3 Å². The van der Waals surface area contributed by atoms with E-state index in [1.54, 1.807) is 0 Å². The molecule has 0 aromatic heterocycles. The van der Waals surface area contributed by atoms with Crippen LogP contribution in [0.4, 0.5) is 0 Å². The molecule has 3 nitrogen and oxygen atoms in total. The highest BCUT2D eigenvalue weighted by molar-refractivity contribution is 7.91. The minimum atomic E-state index is -2.99. The molecule has 1 aliphatic carbocycles. The topological polar surface area (TPSA) is 60.2 Å². The number of hydrogen-bond acceptors (Lipinski definition) is 3. The molecule has 0 bridgehead atoms. The van der Waals surface area contributed by atoms with Gasteiger partial charge in [0.1, 0.15) is 0 Å². The average molecular weight is 233 g/mol. The second-order valence-corrected chi connectivity index (χ2v) is 8.17. The van der Waals surface area contributed by atoms with Crippen molar-refractivity contribution in [1.82, 2.24) is 0 Å². The zero-order chi connectivity index (χ0) is 11.9. The van der Waals surface area contributed by atoms with Gasteiger partial charge in [0.15, 0.2) is 9.84 Å². The van der Waals surface area contributed by atoms with Crippen LogP contribution in [0.5, 0.6) is 0 Å². The molecule has 1 saturated carbocycles. The summed E-state index contributed by atoms with van der Waals surface area (Å²) in [7, 11) is -2.99. The van der Waals surface area contributed by atoms with Crippen LogP contribution in [0.3, 0.4) is 0 Å². The first-order valence-electron chi connectivity index (χ1n) is 5.57. The maximum absolute atomic E-state index is 11.6. The Labute approximate surface area is 93.3 Å². The lowest BCUT2D eigenvalue weighted by atomic mass is 9.71. The van der Waals surface area contributed by atoms with Crippen molar-refractivity contribution in [3.05, 3.63) is 0 Å². The summed E-state index contributed by atoms with van der Waals surface area (Å²) in [4.78, 5) is 0. The van der Waals surface area contributed by atoms with Crippen LogP contribution in [0, 0.1) is 11.3 Å². The molecule has 0 spiro atoms. The van der Waals surface area contributed by atoms with E-state index in [1.807, 2.05) is 0 Å². The first-order chi connectivity index (χ1) is 6.62. The van der Waals surface area contributed by atoms with Crippen molar-refractivity contribution in [3.8, 4) is 0 Å². The Kier molecular flexibility index (Phi) is 3.51. The summed E-state index contributed by atoms with van der Waals surface area (Å²) in [5, 5.41) is -0.338. The van der Waals surface area contributed by atoms with Gasteiger partial charge in [0.2, 0.25) is 0 Å². The Hall–Kier alpha value is -0.0900. The number of nitrogens with two attached hydrogens (primary N) is 1. The Morgan fingerprint density at radius 1 is 1.20 bits per heavy atom. The highest BCUT2D eigenvalue weighted by atomic mass is 32.2. The second-order valence-electron chi connectivity index (χ2n) is 5.91. The quantitative estimate of drug-likeness (QED) is 0.748. The van der Waals surface area contributed by atoms with E-state index in [-0.39, 0.29) is 16.7 Å². The van der Waals surface area contributed by atoms with Crippen LogP contribution in [0.1, 0.15) is 40.0 Å². The summed E-state index contributed by atoms with van der Waals surface area (Å²) in [6, 6.07) is -0.168. The lowest BCUT2D eigenvalue weighted by Crippen LogP contribution is -2.46. The predicted octanol–water partition coefficient (Wildman–Crippen LogP) is 1.57. The SMILES string of the molecule is CC(C)(C)C1CCC(N)C(S(C)(=O)=O)C1. The third-order valence-electron chi connectivity index (χ3n) is 3.62. The fraction of sp³-hybridized carbons (Fsp3) is 1.00. The van der Waals surface area contributed by atoms with Crippen LogP contribution >= 0.6 is 0 Å². The Morgan fingerprint density at radius 3 is 2.13 bits per heavy atom. The van der Waals surface area contributed by atoms with Crippen LogP contribution < -0.4 is 5.73 Å². The van der Waals surface area contributed by atoms with E-state index in [9.17, 15) is 8.42 Å². The van der Waals surface area contributed by atoms with Crippen molar-refractivity contribution in [2.24, 2.45) is 17.1 Å². The van der Waals surface area contributed by atoms with Crippen molar-refractivity contribution in [2.75, 3.05) is 6.26 Å². The lowest BCUT2D eigenvalue weighted by molar-refractivity contribution is 0.172. The molecule has 0 saturated heterocycles.